The normalized spacial score (nSPS) is 29.0. The van der Waals surface area contributed by atoms with Crippen LogP contribution in [0.5, 0.6) is 5.75 Å². The first-order valence-corrected chi connectivity index (χ1v) is 5.65. The highest BCUT2D eigenvalue weighted by Crippen LogP contribution is 2.47. The third-order valence-electron chi connectivity index (χ3n) is 3.61. The zero-order chi connectivity index (χ0) is 11.1. The Morgan fingerprint density at radius 2 is 2.07 bits per heavy atom. The number of hydrogen-bond donors (Lipinski definition) is 1. The van der Waals surface area contributed by atoms with Gasteiger partial charge >= 0.3 is 0 Å². The Balaban J connectivity index is 2.44. The van der Waals surface area contributed by atoms with E-state index in [9.17, 15) is 0 Å². The number of nitrogens with two attached hydrogens (primary N) is 1. The van der Waals surface area contributed by atoms with Gasteiger partial charge in [-0.05, 0) is 18.4 Å². The first-order chi connectivity index (χ1) is 7.12. The lowest BCUT2D eigenvalue weighted by atomic mass is 9.80. The lowest BCUT2D eigenvalue weighted by Gasteiger charge is -2.35. The van der Waals surface area contributed by atoms with Gasteiger partial charge in [-0.15, -0.1) is 0 Å². The summed E-state index contributed by atoms with van der Waals surface area (Å²) in [5.41, 5.74) is 7.24. The van der Waals surface area contributed by atoms with E-state index in [0.29, 0.717) is 5.92 Å². The number of rotatable bonds is 2. The van der Waals surface area contributed by atoms with E-state index in [4.69, 9.17) is 10.5 Å². The van der Waals surface area contributed by atoms with Crippen LogP contribution < -0.4 is 10.5 Å². The summed E-state index contributed by atoms with van der Waals surface area (Å²) < 4.78 is 6.09. The van der Waals surface area contributed by atoms with Gasteiger partial charge < -0.3 is 10.5 Å². The van der Waals surface area contributed by atoms with E-state index >= 15 is 0 Å². The summed E-state index contributed by atoms with van der Waals surface area (Å²) in [4.78, 5) is 0. The van der Waals surface area contributed by atoms with Crippen LogP contribution in [-0.2, 0) is 0 Å². The molecule has 1 aliphatic rings. The Bertz CT molecular complexity index is 361. The van der Waals surface area contributed by atoms with Crippen LogP contribution in [0.1, 0.15) is 38.8 Å². The quantitative estimate of drug-likeness (QED) is 0.805. The average molecular weight is 205 g/mol. The topological polar surface area (TPSA) is 35.2 Å². The molecule has 1 unspecified atom stereocenters. The third-order valence-corrected chi connectivity index (χ3v) is 3.61. The maximum atomic E-state index is 6.31. The molecule has 0 bridgehead atoms. The smallest absolute Gasteiger partial charge is 0.130 e. The molecule has 0 saturated carbocycles. The predicted molar refractivity (Wildman–Crippen MR) is 61.9 cm³/mol. The molecule has 1 aliphatic heterocycles. The van der Waals surface area contributed by atoms with Crippen LogP contribution in [0.4, 0.5) is 0 Å². The number of fused-ring (bicyclic) bond motifs is 1. The number of ether oxygens (including phenoxy) is 1. The first kappa shape index (κ1) is 10.5. The molecule has 2 rings (SSSR count). The first-order valence-electron chi connectivity index (χ1n) is 5.65. The van der Waals surface area contributed by atoms with Crippen LogP contribution in [0.15, 0.2) is 24.3 Å². The molecule has 0 saturated heterocycles. The number of benzene rings is 1. The lowest BCUT2D eigenvalue weighted by Crippen LogP contribution is -2.46. The van der Waals surface area contributed by atoms with Crippen LogP contribution in [0.2, 0.25) is 0 Å². The predicted octanol–water partition coefficient (Wildman–Crippen LogP) is 2.88. The molecule has 2 nitrogen and oxygen atoms in total. The minimum Gasteiger partial charge on any atom is -0.485 e. The van der Waals surface area contributed by atoms with E-state index in [1.165, 1.54) is 0 Å². The Kier molecular flexibility index (Phi) is 2.47. The summed E-state index contributed by atoms with van der Waals surface area (Å²) in [6.45, 7) is 6.50. The van der Waals surface area contributed by atoms with Crippen molar-refractivity contribution in [1.29, 1.82) is 0 Å². The van der Waals surface area contributed by atoms with Crippen molar-refractivity contribution in [3.05, 3.63) is 29.8 Å². The highest BCUT2D eigenvalue weighted by molar-refractivity contribution is 5.42. The molecule has 2 heteroatoms. The lowest BCUT2D eigenvalue weighted by molar-refractivity contribution is 0.0177. The summed E-state index contributed by atoms with van der Waals surface area (Å²) >= 11 is 0. The molecule has 15 heavy (non-hydrogen) atoms. The molecule has 1 aromatic rings. The molecule has 1 heterocycles. The fraction of sp³-hybridized carbons (Fsp3) is 0.538. The molecule has 2 atom stereocenters. The van der Waals surface area contributed by atoms with Gasteiger partial charge in [-0.3, -0.25) is 0 Å². The molecule has 2 N–H and O–H groups in total. The van der Waals surface area contributed by atoms with Crippen LogP contribution in [0.3, 0.4) is 0 Å². The molecule has 0 fully saturated rings. The summed E-state index contributed by atoms with van der Waals surface area (Å²) in [5.74, 6) is 1.38. The van der Waals surface area contributed by atoms with Gasteiger partial charge in [0.2, 0.25) is 0 Å². The van der Waals surface area contributed by atoms with Crippen molar-refractivity contribution in [1.82, 2.24) is 0 Å². The van der Waals surface area contributed by atoms with Gasteiger partial charge in [0, 0.05) is 5.56 Å². The van der Waals surface area contributed by atoms with E-state index in [-0.39, 0.29) is 11.6 Å². The van der Waals surface area contributed by atoms with Crippen molar-refractivity contribution < 1.29 is 4.74 Å². The van der Waals surface area contributed by atoms with Crippen molar-refractivity contribution in [3.8, 4) is 5.75 Å². The second-order valence-corrected chi connectivity index (χ2v) is 4.58. The molecule has 0 radical (unpaired) electrons. The second-order valence-electron chi connectivity index (χ2n) is 4.58. The van der Waals surface area contributed by atoms with Crippen molar-refractivity contribution in [2.45, 2.75) is 38.8 Å². The molecular formula is C13H19NO. The molecule has 0 spiro atoms. The SMILES string of the molecule is CCC1(C(C)C)Oc2ccccc2[C@H]1N. The van der Waals surface area contributed by atoms with E-state index < -0.39 is 0 Å². The largest absolute Gasteiger partial charge is 0.485 e. The highest BCUT2D eigenvalue weighted by atomic mass is 16.5. The van der Waals surface area contributed by atoms with Gasteiger partial charge in [-0.2, -0.15) is 0 Å². The minimum atomic E-state index is -0.219. The van der Waals surface area contributed by atoms with Crippen molar-refractivity contribution >= 4 is 0 Å². The molecule has 0 aromatic heterocycles. The average Bonchev–Trinajstić information content (AvgIpc) is 2.53. The minimum absolute atomic E-state index is 0.00120. The Morgan fingerprint density at radius 1 is 1.40 bits per heavy atom. The Labute approximate surface area is 91.4 Å². The third kappa shape index (κ3) is 1.36. The van der Waals surface area contributed by atoms with Crippen LogP contribution >= 0.6 is 0 Å². The molecular weight excluding hydrogens is 186 g/mol. The van der Waals surface area contributed by atoms with E-state index in [2.05, 4.69) is 26.8 Å². The summed E-state index contributed by atoms with van der Waals surface area (Å²) in [5, 5.41) is 0. The molecule has 0 amide bonds. The molecule has 82 valence electrons. The van der Waals surface area contributed by atoms with E-state index in [1.807, 2.05) is 18.2 Å². The Hall–Kier alpha value is -1.02. The maximum absolute atomic E-state index is 6.31. The van der Waals surface area contributed by atoms with Gasteiger partial charge in [0.1, 0.15) is 11.4 Å². The van der Waals surface area contributed by atoms with Crippen LogP contribution in [0, 0.1) is 5.92 Å². The number of para-hydroxylation sites is 1. The van der Waals surface area contributed by atoms with Crippen molar-refractivity contribution in [2.75, 3.05) is 0 Å². The standard InChI is InChI=1S/C13H19NO/c1-4-13(9(2)3)12(14)10-7-5-6-8-11(10)15-13/h5-9,12H,4,14H2,1-3H3/t12-,13?/m1/s1. The fourth-order valence-corrected chi connectivity index (χ4v) is 2.54. The summed E-state index contributed by atoms with van der Waals surface area (Å²) in [6, 6.07) is 8.10. The van der Waals surface area contributed by atoms with Gasteiger partial charge in [0.25, 0.3) is 0 Å². The van der Waals surface area contributed by atoms with Crippen LogP contribution in [0.25, 0.3) is 0 Å². The Morgan fingerprint density at radius 3 is 2.60 bits per heavy atom. The summed E-state index contributed by atoms with van der Waals surface area (Å²) in [6.07, 6.45) is 0.945. The maximum Gasteiger partial charge on any atom is 0.130 e. The van der Waals surface area contributed by atoms with E-state index in [0.717, 1.165) is 17.7 Å². The van der Waals surface area contributed by atoms with E-state index in [1.54, 1.807) is 0 Å². The van der Waals surface area contributed by atoms with Crippen LogP contribution in [-0.4, -0.2) is 5.60 Å². The highest BCUT2D eigenvalue weighted by Gasteiger charge is 2.47. The van der Waals surface area contributed by atoms with Crippen molar-refractivity contribution in [2.24, 2.45) is 11.7 Å². The molecule has 0 aliphatic carbocycles. The summed E-state index contributed by atoms with van der Waals surface area (Å²) in [7, 11) is 0. The van der Waals surface area contributed by atoms with Gasteiger partial charge in [0.15, 0.2) is 0 Å². The van der Waals surface area contributed by atoms with Gasteiger partial charge in [-0.25, -0.2) is 0 Å². The van der Waals surface area contributed by atoms with Crippen molar-refractivity contribution in [3.63, 3.8) is 0 Å². The zero-order valence-electron chi connectivity index (χ0n) is 9.66. The van der Waals surface area contributed by atoms with Gasteiger partial charge in [0.05, 0.1) is 6.04 Å². The zero-order valence-corrected chi connectivity index (χ0v) is 9.66. The number of hydrogen-bond acceptors (Lipinski definition) is 2. The van der Waals surface area contributed by atoms with Gasteiger partial charge in [-0.1, -0.05) is 39.0 Å². The second kappa shape index (κ2) is 3.53. The molecule has 1 aromatic carbocycles. The fourth-order valence-electron chi connectivity index (χ4n) is 2.54. The monoisotopic (exact) mass is 205 g/mol.